The summed E-state index contributed by atoms with van der Waals surface area (Å²) in [6.45, 7) is 1.75. The topological polar surface area (TPSA) is 65.3 Å². The van der Waals surface area contributed by atoms with E-state index in [9.17, 15) is 9.18 Å². The van der Waals surface area contributed by atoms with E-state index in [0.717, 1.165) is 6.34 Å². The highest BCUT2D eigenvalue weighted by Crippen LogP contribution is 2.43. The Kier molecular flexibility index (Phi) is 3.41. The predicted octanol–water partition coefficient (Wildman–Crippen LogP) is 1.78. The van der Waals surface area contributed by atoms with Gasteiger partial charge in [-0.15, -0.1) is 0 Å². The monoisotopic (exact) mass is 249 g/mol. The Bertz CT molecular complexity index is 449. The normalized spacial score (nSPS) is 28.9. The molecule has 0 aromatic rings. The molecule has 2 atom stereocenters. The van der Waals surface area contributed by atoms with Crippen LogP contribution < -0.4 is 5.32 Å². The SMILES string of the molecule is CC1C=C(C(=O)C2(N=CNC=N)CC2)C=CC1F. The van der Waals surface area contributed by atoms with Crippen LogP contribution in [0, 0.1) is 11.3 Å². The lowest BCUT2D eigenvalue weighted by Gasteiger charge is -2.17. The van der Waals surface area contributed by atoms with E-state index in [1.54, 1.807) is 19.1 Å². The van der Waals surface area contributed by atoms with E-state index in [1.807, 2.05) is 0 Å². The summed E-state index contributed by atoms with van der Waals surface area (Å²) in [4.78, 5) is 16.5. The van der Waals surface area contributed by atoms with Gasteiger partial charge in [-0.2, -0.15) is 0 Å². The van der Waals surface area contributed by atoms with E-state index in [0.29, 0.717) is 18.4 Å². The van der Waals surface area contributed by atoms with Crippen molar-refractivity contribution >= 4 is 18.5 Å². The van der Waals surface area contributed by atoms with Gasteiger partial charge in [-0.25, -0.2) is 4.39 Å². The minimum atomic E-state index is -1.01. The Balaban J connectivity index is 2.11. The molecule has 0 aromatic heterocycles. The van der Waals surface area contributed by atoms with E-state index >= 15 is 0 Å². The number of nitrogens with one attached hydrogen (secondary N) is 2. The van der Waals surface area contributed by atoms with Gasteiger partial charge in [-0.3, -0.25) is 15.2 Å². The molecule has 0 spiro atoms. The van der Waals surface area contributed by atoms with Crippen LogP contribution in [0.15, 0.2) is 28.8 Å². The molecule has 1 fully saturated rings. The molecule has 0 aromatic carbocycles. The molecule has 2 N–H and O–H groups in total. The minimum Gasteiger partial charge on any atom is -0.338 e. The van der Waals surface area contributed by atoms with Crippen LogP contribution >= 0.6 is 0 Å². The maximum atomic E-state index is 13.3. The molecule has 96 valence electrons. The summed E-state index contributed by atoms with van der Waals surface area (Å²) >= 11 is 0. The Morgan fingerprint density at radius 3 is 2.94 bits per heavy atom. The molecule has 0 saturated heterocycles. The zero-order chi connectivity index (χ0) is 13.2. The largest absolute Gasteiger partial charge is 0.338 e. The molecule has 0 bridgehead atoms. The summed E-state index contributed by atoms with van der Waals surface area (Å²) in [6, 6.07) is 0. The zero-order valence-corrected chi connectivity index (χ0v) is 10.2. The summed E-state index contributed by atoms with van der Waals surface area (Å²) < 4.78 is 13.3. The fourth-order valence-electron chi connectivity index (χ4n) is 1.95. The summed E-state index contributed by atoms with van der Waals surface area (Å²) in [5, 5.41) is 9.32. The quantitative estimate of drug-likeness (QED) is 0.576. The molecule has 5 heteroatoms. The number of allylic oxidation sites excluding steroid dienone is 3. The van der Waals surface area contributed by atoms with Crippen LogP contribution in [0.4, 0.5) is 4.39 Å². The van der Waals surface area contributed by atoms with Crippen LogP contribution in [0.5, 0.6) is 0 Å². The van der Waals surface area contributed by atoms with Crippen molar-refractivity contribution in [2.24, 2.45) is 10.9 Å². The van der Waals surface area contributed by atoms with Crippen molar-refractivity contribution in [3.63, 3.8) is 0 Å². The van der Waals surface area contributed by atoms with Gasteiger partial charge in [0.25, 0.3) is 0 Å². The first-order chi connectivity index (χ1) is 8.59. The van der Waals surface area contributed by atoms with Gasteiger partial charge in [0, 0.05) is 11.5 Å². The minimum absolute atomic E-state index is 0.0551. The van der Waals surface area contributed by atoms with Gasteiger partial charge in [0.15, 0.2) is 5.78 Å². The summed E-state index contributed by atoms with van der Waals surface area (Å²) in [6.07, 6.45) is 7.42. The molecule has 1 saturated carbocycles. The van der Waals surface area contributed by atoms with Crippen LogP contribution in [-0.2, 0) is 4.79 Å². The Hall–Kier alpha value is -1.78. The number of ketones is 1. The highest BCUT2D eigenvalue weighted by molar-refractivity contribution is 6.07. The molecule has 2 aliphatic rings. The average Bonchev–Trinajstić information content (AvgIpc) is 3.13. The lowest BCUT2D eigenvalue weighted by Crippen LogP contribution is -2.26. The van der Waals surface area contributed by atoms with Crippen LogP contribution in [0.1, 0.15) is 19.8 Å². The number of alkyl halides is 1. The summed E-state index contributed by atoms with van der Waals surface area (Å²) in [5.41, 5.74) is -0.143. The Morgan fingerprint density at radius 2 is 2.39 bits per heavy atom. The number of rotatable bonds is 5. The second-order valence-corrected chi connectivity index (χ2v) is 4.71. The van der Waals surface area contributed by atoms with Crippen molar-refractivity contribution in [1.29, 1.82) is 5.41 Å². The molecule has 0 heterocycles. The van der Waals surface area contributed by atoms with Crippen LogP contribution in [0.3, 0.4) is 0 Å². The fourth-order valence-corrected chi connectivity index (χ4v) is 1.95. The van der Waals surface area contributed by atoms with Gasteiger partial charge < -0.3 is 5.32 Å². The summed E-state index contributed by atoms with van der Waals surface area (Å²) in [5.74, 6) is -0.325. The molecule has 18 heavy (non-hydrogen) atoms. The average molecular weight is 249 g/mol. The van der Waals surface area contributed by atoms with E-state index in [-0.39, 0.29) is 11.7 Å². The van der Waals surface area contributed by atoms with Gasteiger partial charge in [0.1, 0.15) is 11.7 Å². The molecular weight excluding hydrogens is 233 g/mol. The van der Waals surface area contributed by atoms with Crippen molar-refractivity contribution in [2.75, 3.05) is 0 Å². The molecule has 0 aliphatic heterocycles. The number of hydrogen-bond donors (Lipinski definition) is 2. The fraction of sp³-hybridized carbons (Fsp3) is 0.462. The van der Waals surface area contributed by atoms with Crippen molar-refractivity contribution in [1.82, 2.24) is 5.32 Å². The first kappa shape index (κ1) is 12.7. The lowest BCUT2D eigenvalue weighted by molar-refractivity contribution is -0.117. The molecule has 2 rings (SSSR count). The van der Waals surface area contributed by atoms with E-state index in [4.69, 9.17) is 5.41 Å². The van der Waals surface area contributed by atoms with Crippen LogP contribution in [0.25, 0.3) is 0 Å². The highest BCUT2D eigenvalue weighted by atomic mass is 19.1. The van der Waals surface area contributed by atoms with Gasteiger partial charge in [-0.1, -0.05) is 19.1 Å². The maximum Gasteiger partial charge on any atom is 0.190 e. The third-order valence-corrected chi connectivity index (χ3v) is 3.28. The summed E-state index contributed by atoms with van der Waals surface area (Å²) in [7, 11) is 0. The highest BCUT2D eigenvalue weighted by Gasteiger charge is 2.50. The third-order valence-electron chi connectivity index (χ3n) is 3.28. The van der Waals surface area contributed by atoms with Crippen LogP contribution in [-0.4, -0.2) is 30.2 Å². The number of aliphatic imine (C=N–C) groups is 1. The van der Waals surface area contributed by atoms with Gasteiger partial charge in [0.05, 0.1) is 12.7 Å². The van der Waals surface area contributed by atoms with Gasteiger partial charge in [-0.05, 0) is 18.9 Å². The van der Waals surface area contributed by atoms with Gasteiger partial charge >= 0.3 is 0 Å². The number of halogens is 1. The van der Waals surface area contributed by atoms with Crippen LogP contribution in [0.2, 0.25) is 0 Å². The van der Waals surface area contributed by atoms with E-state index in [1.165, 1.54) is 12.4 Å². The van der Waals surface area contributed by atoms with E-state index in [2.05, 4.69) is 10.3 Å². The zero-order valence-electron chi connectivity index (χ0n) is 10.2. The van der Waals surface area contributed by atoms with Gasteiger partial charge in [0.2, 0.25) is 0 Å². The molecule has 2 aliphatic carbocycles. The van der Waals surface area contributed by atoms with Crippen molar-refractivity contribution in [3.05, 3.63) is 23.8 Å². The molecule has 4 nitrogen and oxygen atoms in total. The molecule has 2 unspecified atom stereocenters. The smallest absolute Gasteiger partial charge is 0.190 e. The molecule has 0 amide bonds. The standard InChI is InChI=1S/C13H16FN3O/c1-9-6-10(2-3-11(9)14)12(18)13(4-5-13)17-8-16-7-15/h2-3,6-9,11H,4-5H2,1H3,(H2,15,16,17). The Labute approximate surface area is 105 Å². The molecular formula is C13H16FN3O. The Morgan fingerprint density at radius 1 is 1.67 bits per heavy atom. The first-order valence-corrected chi connectivity index (χ1v) is 5.97. The maximum absolute atomic E-state index is 13.3. The second-order valence-electron chi connectivity index (χ2n) is 4.71. The predicted molar refractivity (Wildman–Crippen MR) is 68.7 cm³/mol. The lowest BCUT2D eigenvalue weighted by atomic mass is 9.91. The number of nitrogens with zero attached hydrogens (tertiary/aromatic N) is 1. The number of carbonyl (C=O) groups is 1. The van der Waals surface area contributed by atoms with Crippen molar-refractivity contribution in [2.45, 2.75) is 31.5 Å². The van der Waals surface area contributed by atoms with E-state index < -0.39 is 11.7 Å². The second kappa shape index (κ2) is 4.84. The van der Waals surface area contributed by atoms with Crippen molar-refractivity contribution in [3.8, 4) is 0 Å². The van der Waals surface area contributed by atoms with Crippen molar-refractivity contribution < 1.29 is 9.18 Å². The molecule has 0 radical (unpaired) electrons. The third kappa shape index (κ3) is 2.39. The number of Topliss-reactive ketones (excluding diaryl/α,β-unsaturated/α-hetero) is 1. The first-order valence-electron chi connectivity index (χ1n) is 5.97. The number of carbonyl (C=O) groups excluding carboxylic acids is 1. The number of hydrogen-bond acceptors (Lipinski definition) is 3.